The van der Waals surface area contributed by atoms with Gasteiger partial charge in [0.25, 0.3) is 0 Å². The van der Waals surface area contributed by atoms with E-state index in [2.05, 4.69) is 6.92 Å². The molecule has 0 spiro atoms. The number of unbranched alkanes of at least 4 members (excludes halogenated alkanes) is 7. The predicted octanol–water partition coefficient (Wildman–Crippen LogP) is 3.58. The molecule has 16 heavy (non-hydrogen) atoms. The lowest BCUT2D eigenvalue weighted by molar-refractivity contribution is 0.490. The highest BCUT2D eigenvalue weighted by molar-refractivity contribution is 4.61. The Bertz CT molecular complexity index is 126. The summed E-state index contributed by atoms with van der Waals surface area (Å²) in [4.78, 5) is 0. The third-order valence-corrected chi connectivity index (χ3v) is 3.21. The van der Waals surface area contributed by atoms with Crippen molar-refractivity contribution >= 4 is 0 Å². The molecule has 2 heteroatoms. The zero-order chi connectivity index (χ0) is 12.1. The van der Waals surface area contributed by atoms with Crippen LogP contribution < -0.4 is 11.5 Å². The topological polar surface area (TPSA) is 52.0 Å². The molecular formula is C14H32N2. The highest BCUT2D eigenvalue weighted by atomic mass is 14.6. The molecule has 0 heterocycles. The Hall–Kier alpha value is -0.0800. The van der Waals surface area contributed by atoms with Gasteiger partial charge >= 0.3 is 0 Å². The van der Waals surface area contributed by atoms with Crippen LogP contribution >= 0.6 is 0 Å². The lowest BCUT2D eigenvalue weighted by Crippen LogP contribution is -2.19. The van der Waals surface area contributed by atoms with Gasteiger partial charge in [-0.05, 0) is 25.8 Å². The Kier molecular flexibility index (Phi) is 12.9. The first-order chi connectivity index (χ1) is 7.81. The highest BCUT2D eigenvalue weighted by Gasteiger charge is 2.01. The number of nitrogens with two attached hydrogens (primary N) is 2. The van der Waals surface area contributed by atoms with Crippen molar-refractivity contribution in [3.05, 3.63) is 0 Å². The standard InChI is InChI=1S/C14H32N2/c1-2-3-4-5-6-8-11-14(16)12-9-7-10-13-15/h14H,2-13,15-16H2,1H3. The number of rotatable bonds is 12. The Balaban J connectivity index is 3.08. The highest BCUT2D eigenvalue weighted by Crippen LogP contribution is 2.11. The Labute approximate surface area is 102 Å². The smallest absolute Gasteiger partial charge is 0.00388 e. The molecule has 0 amide bonds. The molecule has 1 unspecified atom stereocenters. The molecule has 0 bridgehead atoms. The molecule has 0 saturated carbocycles. The van der Waals surface area contributed by atoms with E-state index < -0.39 is 0 Å². The van der Waals surface area contributed by atoms with Crippen LogP contribution in [0.25, 0.3) is 0 Å². The second-order valence-electron chi connectivity index (χ2n) is 4.95. The van der Waals surface area contributed by atoms with Gasteiger partial charge in [-0.3, -0.25) is 0 Å². The van der Waals surface area contributed by atoms with Gasteiger partial charge in [0.1, 0.15) is 0 Å². The van der Waals surface area contributed by atoms with E-state index in [-0.39, 0.29) is 0 Å². The van der Waals surface area contributed by atoms with Gasteiger partial charge in [0, 0.05) is 6.04 Å². The maximum absolute atomic E-state index is 6.07. The zero-order valence-corrected chi connectivity index (χ0v) is 11.2. The van der Waals surface area contributed by atoms with Crippen molar-refractivity contribution in [3.63, 3.8) is 0 Å². The van der Waals surface area contributed by atoms with Crippen LogP contribution in [0.2, 0.25) is 0 Å². The van der Waals surface area contributed by atoms with Crippen molar-refractivity contribution in [3.8, 4) is 0 Å². The average molecular weight is 228 g/mol. The van der Waals surface area contributed by atoms with Gasteiger partial charge in [0.2, 0.25) is 0 Å². The fraction of sp³-hybridized carbons (Fsp3) is 1.00. The van der Waals surface area contributed by atoms with E-state index in [0.717, 1.165) is 13.0 Å². The molecule has 0 aromatic rings. The van der Waals surface area contributed by atoms with Gasteiger partial charge in [0.15, 0.2) is 0 Å². The van der Waals surface area contributed by atoms with E-state index in [9.17, 15) is 0 Å². The van der Waals surface area contributed by atoms with Crippen molar-refractivity contribution in [2.24, 2.45) is 11.5 Å². The number of hydrogen-bond acceptors (Lipinski definition) is 2. The van der Waals surface area contributed by atoms with Gasteiger partial charge in [-0.2, -0.15) is 0 Å². The van der Waals surface area contributed by atoms with E-state index in [1.165, 1.54) is 64.2 Å². The van der Waals surface area contributed by atoms with Crippen LogP contribution in [-0.2, 0) is 0 Å². The Morgan fingerprint density at radius 3 is 1.81 bits per heavy atom. The van der Waals surface area contributed by atoms with Crippen LogP contribution in [0.1, 0.15) is 77.6 Å². The summed E-state index contributed by atoms with van der Waals surface area (Å²) in [5, 5.41) is 0. The summed E-state index contributed by atoms with van der Waals surface area (Å²) in [6, 6.07) is 0.434. The molecule has 0 fully saturated rings. The van der Waals surface area contributed by atoms with E-state index >= 15 is 0 Å². The lowest BCUT2D eigenvalue weighted by atomic mass is 10.0. The normalized spacial score (nSPS) is 12.9. The molecule has 0 aliphatic rings. The molecular weight excluding hydrogens is 196 g/mol. The first-order valence-corrected chi connectivity index (χ1v) is 7.27. The summed E-state index contributed by atoms with van der Waals surface area (Å²) >= 11 is 0. The summed E-state index contributed by atoms with van der Waals surface area (Å²) < 4.78 is 0. The summed E-state index contributed by atoms with van der Waals surface area (Å²) in [6.45, 7) is 3.09. The first-order valence-electron chi connectivity index (χ1n) is 7.27. The van der Waals surface area contributed by atoms with Crippen molar-refractivity contribution in [2.75, 3.05) is 6.54 Å². The molecule has 0 aromatic carbocycles. The van der Waals surface area contributed by atoms with Gasteiger partial charge < -0.3 is 11.5 Å². The minimum absolute atomic E-state index is 0.434. The number of hydrogen-bond donors (Lipinski definition) is 2. The zero-order valence-electron chi connectivity index (χ0n) is 11.2. The predicted molar refractivity (Wildman–Crippen MR) is 73.5 cm³/mol. The summed E-state index contributed by atoms with van der Waals surface area (Å²) in [5.41, 5.74) is 11.5. The fourth-order valence-electron chi connectivity index (χ4n) is 2.06. The van der Waals surface area contributed by atoms with E-state index in [1.54, 1.807) is 0 Å². The van der Waals surface area contributed by atoms with Gasteiger partial charge in [-0.25, -0.2) is 0 Å². The van der Waals surface area contributed by atoms with Gasteiger partial charge in [-0.15, -0.1) is 0 Å². The van der Waals surface area contributed by atoms with Crippen molar-refractivity contribution < 1.29 is 0 Å². The van der Waals surface area contributed by atoms with Crippen LogP contribution in [0, 0.1) is 0 Å². The van der Waals surface area contributed by atoms with Gasteiger partial charge in [0.05, 0.1) is 0 Å². The molecule has 98 valence electrons. The molecule has 4 N–H and O–H groups in total. The largest absolute Gasteiger partial charge is 0.330 e. The maximum atomic E-state index is 6.07. The van der Waals surface area contributed by atoms with Crippen LogP contribution in [0.15, 0.2) is 0 Å². The first kappa shape index (κ1) is 15.9. The second-order valence-corrected chi connectivity index (χ2v) is 4.95. The second kappa shape index (κ2) is 13.0. The molecule has 0 aliphatic carbocycles. The maximum Gasteiger partial charge on any atom is 0.00388 e. The third kappa shape index (κ3) is 12.0. The minimum Gasteiger partial charge on any atom is -0.330 e. The minimum atomic E-state index is 0.434. The summed E-state index contributed by atoms with van der Waals surface area (Å²) in [7, 11) is 0. The molecule has 1 atom stereocenters. The molecule has 0 saturated heterocycles. The molecule has 0 aromatic heterocycles. The third-order valence-electron chi connectivity index (χ3n) is 3.21. The van der Waals surface area contributed by atoms with Crippen LogP contribution in [0.4, 0.5) is 0 Å². The van der Waals surface area contributed by atoms with E-state index in [1.807, 2.05) is 0 Å². The van der Waals surface area contributed by atoms with E-state index in [4.69, 9.17) is 11.5 Å². The quantitative estimate of drug-likeness (QED) is 0.502. The average Bonchev–Trinajstić information content (AvgIpc) is 2.29. The lowest BCUT2D eigenvalue weighted by Gasteiger charge is -2.10. The van der Waals surface area contributed by atoms with Crippen molar-refractivity contribution in [2.45, 2.75) is 83.6 Å². The molecule has 0 rings (SSSR count). The van der Waals surface area contributed by atoms with Gasteiger partial charge in [-0.1, -0.05) is 58.3 Å². The van der Waals surface area contributed by atoms with Crippen molar-refractivity contribution in [1.29, 1.82) is 0 Å². The van der Waals surface area contributed by atoms with Crippen LogP contribution in [0.5, 0.6) is 0 Å². The monoisotopic (exact) mass is 228 g/mol. The van der Waals surface area contributed by atoms with E-state index in [0.29, 0.717) is 6.04 Å². The van der Waals surface area contributed by atoms with Crippen molar-refractivity contribution in [1.82, 2.24) is 0 Å². The Morgan fingerprint density at radius 1 is 0.750 bits per heavy atom. The fourth-order valence-corrected chi connectivity index (χ4v) is 2.06. The summed E-state index contributed by atoms with van der Waals surface area (Å²) in [6.07, 6.45) is 14.3. The molecule has 0 radical (unpaired) electrons. The summed E-state index contributed by atoms with van der Waals surface area (Å²) in [5.74, 6) is 0. The van der Waals surface area contributed by atoms with Crippen LogP contribution in [-0.4, -0.2) is 12.6 Å². The molecule has 0 aliphatic heterocycles. The molecule has 2 nitrogen and oxygen atoms in total. The Morgan fingerprint density at radius 2 is 1.25 bits per heavy atom. The SMILES string of the molecule is CCCCCCCCC(N)CCCCCN. The van der Waals surface area contributed by atoms with Crippen LogP contribution in [0.3, 0.4) is 0 Å².